The molecule has 4 aromatic rings. The van der Waals surface area contributed by atoms with E-state index in [4.69, 9.17) is 9.84 Å². The minimum atomic E-state index is -4.12. The van der Waals surface area contributed by atoms with E-state index >= 15 is 0 Å². The molecule has 9 nitrogen and oxygen atoms in total. The van der Waals surface area contributed by atoms with Crippen LogP contribution < -0.4 is 14.8 Å². The lowest BCUT2D eigenvalue weighted by atomic mass is 10.1. The van der Waals surface area contributed by atoms with Gasteiger partial charge in [-0.05, 0) is 48.0 Å². The zero-order valence-electron chi connectivity index (χ0n) is 18.7. The maximum Gasteiger partial charge on any atom is 0.322 e. The standard InChI is InChI=1S/C25H23N3O6S/c1-34-18-8-5-7-17(15-18)24(25(31)27-35(32,33)19-9-3-2-4-10-19)28-14-13-20-21(26-16-23(29)30)11-6-12-22(20)28/h2-15,24,26H,16H2,1H3,(H,27,31)(H,29,30). The Morgan fingerprint density at radius 2 is 1.74 bits per heavy atom. The highest BCUT2D eigenvalue weighted by atomic mass is 32.2. The Morgan fingerprint density at radius 1 is 1.00 bits per heavy atom. The van der Waals surface area contributed by atoms with Gasteiger partial charge in [0.05, 0.1) is 17.5 Å². The normalized spacial score (nSPS) is 12.1. The average Bonchev–Trinajstić information content (AvgIpc) is 3.27. The molecule has 0 aliphatic heterocycles. The van der Waals surface area contributed by atoms with Crippen LogP contribution in [0.15, 0.2) is 90.0 Å². The summed E-state index contributed by atoms with van der Waals surface area (Å²) in [5.41, 5.74) is 1.69. The van der Waals surface area contributed by atoms with Crippen molar-refractivity contribution >= 4 is 38.5 Å². The summed E-state index contributed by atoms with van der Waals surface area (Å²) in [5.74, 6) is -1.27. The van der Waals surface area contributed by atoms with Crippen molar-refractivity contribution < 1.29 is 27.9 Å². The van der Waals surface area contributed by atoms with Crippen LogP contribution in [0, 0.1) is 0 Å². The number of rotatable bonds is 9. The van der Waals surface area contributed by atoms with Gasteiger partial charge in [0, 0.05) is 17.3 Å². The van der Waals surface area contributed by atoms with Crippen molar-refractivity contribution in [2.45, 2.75) is 10.9 Å². The van der Waals surface area contributed by atoms with E-state index in [9.17, 15) is 18.0 Å². The van der Waals surface area contributed by atoms with E-state index in [2.05, 4.69) is 10.0 Å². The van der Waals surface area contributed by atoms with Crippen molar-refractivity contribution in [2.75, 3.05) is 19.0 Å². The van der Waals surface area contributed by atoms with Gasteiger partial charge in [-0.2, -0.15) is 0 Å². The number of fused-ring (bicyclic) bond motifs is 1. The Morgan fingerprint density at radius 3 is 2.46 bits per heavy atom. The van der Waals surface area contributed by atoms with Crippen LogP contribution in [0.25, 0.3) is 10.9 Å². The van der Waals surface area contributed by atoms with Gasteiger partial charge in [0.25, 0.3) is 15.9 Å². The number of carbonyl (C=O) groups excluding carboxylic acids is 1. The van der Waals surface area contributed by atoms with E-state index in [1.807, 2.05) is 0 Å². The largest absolute Gasteiger partial charge is 0.497 e. The highest BCUT2D eigenvalue weighted by molar-refractivity contribution is 7.90. The zero-order chi connectivity index (χ0) is 25.0. The number of nitrogens with one attached hydrogen (secondary N) is 2. The molecule has 3 N–H and O–H groups in total. The molecule has 1 aromatic heterocycles. The summed E-state index contributed by atoms with van der Waals surface area (Å²) in [5, 5.41) is 12.6. The molecule has 180 valence electrons. The number of ether oxygens (including phenoxy) is 1. The fourth-order valence-corrected chi connectivity index (χ4v) is 4.85. The number of hydrogen-bond donors (Lipinski definition) is 3. The van der Waals surface area contributed by atoms with Gasteiger partial charge in [0.1, 0.15) is 18.3 Å². The highest BCUT2D eigenvalue weighted by Gasteiger charge is 2.29. The number of aliphatic carboxylic acids is 1. The van der Waals surface area contributed by atoms with Crippen molar-refractivity contribution in [3.8, 4) is 5.75 Å². The molecule has 0 saturated heterocycles. The summed E-state index contributed by atoms with van der Waals surface area (Å²) in [6.45, 7) is -0.278. The molecular formula is C25H23N3O6S. The third kappa shape index (κ3) is 5.12. The second-order valence-electron chi connectivity index (χ2n) is 7.67. The number of sulfonamides is 1. The van der Waals surface area contributed by atoms with Gasteiger partial charge in [-0.25, -0.2) is 13.1 Å². The molecule has 0 fully saturated rings. The summed E-state index contributed by atoms with van der Waals surface area (Å²) < 4.78 is 35.0. The van der Waals surface area contributed by atoms with Crippen molar-refractivity contribution in [3.63, 3.8) is 0 Å². The number of methoxy groups -OCH3 is 1. The van der Waals surface area contributed by atoms with Gasteiger partial charge in [0.2, 0.25) is 0 Å². The Kier molecular flexibility index (Phi) is 6.74. The predicted octanol–water partition coefficient (Wildman–Crippen LogP) is 3.24. The molecule has 0 radical (unpaired) electrons. The number of hydrogen-bond acceptors (Lipinski definition) is 6. The van der Waals surface area contributed by atoms with Gasteiger partial charge in [0.15, 0.2) is 0 Å². The molecule has 1 atom stereocenters. The van der Waals surface area contributed by atoms with Crippen LogP contribution in [0.3, 0.4) is 0 Å². The molecule has 4 rings (SSSR count). The third-order valence-corrected chi connectivity index (χ3v) is 6.78. The van der Waals surface area contributed by atoms with Crippen molar-refractivity contribution in [3.05, 3.63) is 90.6 Å². The maximum atomic E-state index is 13.5. The lowest BCUT2D eigenvalue weighted by Crippen LogP contribution is -2.37. The number of amides is 1. The second-order valence-corrected chi connectivity index (χ2v) is 9.35. The van der Waals surface area contributed by atoms with Crippen molar-refractivity contribution in [1.29, 1.82) is 0 Å². The quantitative estimate of drug-likeness (QED) is 0.327. The Balaban J connectivity index is 1.80. The first-order valence-corrected chi connectivity index (χ1v) is 12.1. The minimum absolute atomic E-state index is 0.0322. The first-order chi connectivity index (χ1) is 16.8. The minimum Gasteiger partial charge on any atom is -0.497 e. The SMILES string of the molecule is COc1cccc(C(C(=O)NS(=O)(=O)c2ccccc2)n2ccc3c(NCC(=O)O)cccc32)c1. The van der Waals surface area contributed by atoms with Gasteiger partial charge < -0.3 is 19.7 Å². The van der Waals surface area contributed by atoms with Crippen LogP contribution >= 0.6 is 0 Å². The second kappa shape index (κ2) is 9.90. The van der Waals surface area contributed by atoms with E-state index in [1.165, 1.54) is 19.2 Å². The maximum absolute atomic E-state index is 13.5. The predicted molar refractivity (Wildman–Crippen MR) is 131 cm³/mol. The fraction of sp³-hybridized carbons (Fsp3) is 0.120. The van der Waals surface area contributed by atoms with E-state index in [1.54, 1.807) is 77.5 Å². The lowest BCUT2D eigenvalue weighted by Gasteiger charge is -2.21. The number of carbonyl (C=O) groups is 2. The van der Waals surface area contributed by atoms with E-state index in [0.29, 0.717) is 27.9 Å². The van der Waals surface area contributed by atoms with Gasteiger partial charge >= 0.3 is 5.97 Å². The number of anilines is 1. The van der Waals surface area contributed by atoms with Crippen LogP contribution in [-0.2, 0) is 19.6 Å². The third-order valence-electron chi connectivity index (χ3n) is 5.42. The summed E-state index contributed by atoms with van der Waals surface area (Å²) in [6, 6.07) is 20.4. The van der Waals surface area contributed by atoms with Crippen LogP contribution in [0.2, 0.25) is 0 Å². The van der Waals surface area contributed by atoms with Gasteiger partial charge in [-0.15, -0.1) is 0 Å². The highest BCUT2D eigenvalue weighted by Crippen LogP contribution is 2.31. The number of aromatic nitrogens is 1. The van der Waals surface area contributed by atoms with E-state index in [-0.39, 0.29) is 11.4 Å². The monoisotopic (exact) mass is 493 g/mol. The molecule has 1 heterocycles. The first kappa shape index (κ1) is 23.8. The van der Waals surface area contributed by atoms with Crippen LogP contribution in [0.4, 0.5) is 5.69 Å². The van der Waals surface area contributed by atoms with E-state index < -0.39 is 27.9 Å². The van der Waals surface area contributed by atoms with Crippen LogP contribution in [-0.4, -0.2) is 43.6 Å². The lowest BCUT2D eigenvalue weighted by molar-refractivity contribution is -0.135. The molecule has 35 heavy (non-hydrogen) atoms. The molecule has 1 unspecified atom stereocenters. The van der Waals surface area contributed by atoms with Crippen molar-refractivity contribution in [1.82, 2.24) is 9.29 Å². The number of carboxylic acids is 1. The molecule has 0 spiro atoms. The molecule has 0 aliphatic carbocycles. The number of nitrogens with zero attached hydrogens (tertiary/aromatic N) is 1. The van der Waals surface area contributed by atoms with E-state index in [0.717, 1.165) is 0 Å². The van der Waals surface area contributed by atoms with Crippen molar-refractivity contribution in [2.24, 2.45) is 0 Å². The molecule has 0 bridgehead atoms. The molecule has 0 saturated carbocycles. The molecule has 3 aromatic carbocycles. The molecule has 0 aliphatic rings. The van der Waals surface area contributed by atoms with Crippen LogP contribution in [0.1, 0.15) is 11.6 Å². The number of benzene rings is 3. The number of carboxylic acid groups (broad SMARTS) is 1. The molecule has 10 heteroatoms. The summed E-state index contributed by atoms with van der Waals surface area (Å²) in [7, 11) is -2.62. The Hall–Kier alpha value is -4.31. The molecule has 1 amide bonds. The summed E-state index contributed by atoms with van der Waals surface area (Å²) in [4.78, 5) is 24.5. The molecular weight excluding hydrogens is 470 g/mol. The summed E-state index contributed by atoms with van der Waals surface area (Å²) in [6.07, 6.45) is 1.66. The first-order valence-electron chi connectivity index (χ1n) is 10.6. The summed E-state index contributed by atoms with van der Waals surface area (Å²) >= 11 is 0. The van der Waals surface area contributed by atoms with Crippen LogP contribution in [0.5, 0.6) is 5.75 Å². The zero-order valence-corrected chi connectivity index (χ0v) is 19.5. The topological polar surface area (TPSA) is 127 Å². The van der Waals surface area contributed by atoms with Gasteiger partial charge in [-0.1, -0.05) is 36.4 Å². The Bertz CT molecular complexity index is 1480. The van der Waals surface area contributed by atoms with Gasteiger partial charge in [-0.3, -0.25) is 9.59 Å². The fourth-order valence-electron chi connectivity index (χ4n) is 3.84. The Labute approximate surface area is 202 Å². The average molecular weight is 494 g/mol. The smallest absolute Gasteiger partial charge is 0.322 e.